The zero-order chi connectivity index (χ0) is 9.35. The Bertz CT molecular complexity index is 161. The molecule has 1 aliphatic heterocycles. The van der Waals surface area contributed by atoms with E-state index >= 15 is 0 Å². The van der Waals surface area contributed by atoms with Crippen LogP contribution in [0.25, 0.3) is 0 Å². The Balaban J connectivity index is 2.73. The van der Waals surface area contributed by atoms with Crippen LogP contribution in [0.5, 0.6) is 0 Å². The maximum Gasteiger partial charge on any atom is 0.289 e. The minimum Gasteiger partial charge on any atom is -0.395 e. The molecule has 3 nitrogen and oxygen atoms in total. The lowest BCUT2D eigenvalue weighted by Gasteiger charge is -2.19. The second-order valence-electron chi connectivity index (χ2n) is 3.04. The molecule has 0 spiro atoms. The Morgan fingerprint density at radius 2 is 2.08 bits per heavy atom. The molecule has 0 amide bonds. The normalized spacial score (nSPS) is 40.2. The van der Waals surface area contributed by atoms with Gasteiger partial charge in [0.2, 0.25) is 0 Å². The maximum atomic E-state index is 13.0. The van der Waals surface area contributed by atoms with Crippen LogP contribution in [-0.2, 0) is 0 Å². The van der Waals surface area contributed by atoms with Gasteiger partial charge in [0.05, 0.1) is 18.7 Å². The molecule has 12 heavy (non-hydrogen) atoms. The molecular weight excluding hydrogens is 168 g/mol. The number of halogens is 2. The molecule has 1 saturated heterocycles. The number of aliphatic hydroxyl groups is 2. The van der Waals surface area contributed by atoms with Crippen LogP contribution in [0.3, 0.4) is 0 Å². The molecule has 0 unspecified atom stereocenters. The summed E-state index contributed by atoms with van der Waals surface area (Å²) in [5.74, 6) is -3.12. The molecule has 0 aromatic rings. The molecule has 0 aliphatic carbocycles. The first kappa shape index (κ1) is 9.83. The number of hydrogen-bond donors (Lipinski definition) is 3. The van der Waals surface area contributed by atoms with Crippen LogP contribution in [-0.4, -0.2) is 40.9 Å². The van der Waals surface area contributed by atoms with Crippen LogP contribution >= 0.6 is 0 Å². The molecule has 0 aromatic carbocycles. The highest BCUT2D eigenvalue weighted by Crippen LogP contribution is 2.32. The molecule has 1 heterocycles. The minimum atomic E-state index is -3.12. The molecule has 72 valence electrons. The van der Waals surface area contributed by atoms with Crippen LogP contribution in [0.4, 0.5) is 8.78 Å². The number of hydrogen-bond acceptors (Lipinski definition) is 3. The van der Waals surface area contributed by atoms with Gasteiger partial charge < -0.3 is 15.5 Å². The smallest absolute Gasteiger partial charge is 0.289 e. The van der Waals surface area contributed by atoms with E-state index in [-0.39, 0.29) is 6.42 Å². The first-order valence-corrected chi connectivity index (χ1v) is 3.96. The molecule has 3 atom stereocenters. The van der Waals surface area contributed by atoms with Crippen LogP contribution in [0, 0.1) is 0 Å². The lowest BCUT2D eigenvalue weighted by molar-refractivity contribution is -0.103. The average molecular weight is 181 g/mol. The molecule has 5 heteroatoms. The van der Waals surface area contributed by atoms with E-state index in [0.29, 0.717) is 0 Å². The van der Waals surface area contributed by atoms with Gasteiger partial charge in [-0.1, -0.05) is 6.92 Å². The van der Waals surface area contributed by atoms with Crippen LogP contribution in [0.2, 0.25) is 0 Å². The summed E-state index contributed by atoms with van der Waals surface area (Å²) < 4.78 is 26.0. The van der Waals surface area contributed by atoms with Crippen LogP contribution < -0.4 is 5.32 Å². The summed E-state index contributed by atoms with van der Waals surface area (Å²) in [6.07, 6.45) is -1.53. The maximum absolute atomic E-state index is 13.0. The largest absolute Gasteiger partial charge is 0.395 e. The van der Waals surface area contributed by atoms with Crippen molar-refractivity contribution in [3.8, 4) is 0 Å². The van der Waals surface area contributed by atoms with Gasteiger partial charge in [0, 0.05) is 0 Å². The van der Waals surface area contributed by atoms with Crippen molar-refractivity contribution < 1.29 is 19.0 Å². The first-order valence-electron chi connectivity index (χ1n) is 3.96. The van der Waals surface area contributed by atoms with Crippen LogP contribution in [0.1, 0.15) is 13.3 Å². The van der Waals surface area contributed by atoms with Gasteiger partial charge in [0.25, 0.3) is 5.92 Å². The van der Waals surface area contributed by atoms with E-state index in [1.807, 2.05) is 0 Å². The van der Waals surface area contributed by atoms with E-state index in [1.54, 1.807) is 6.92 Å². The fourth-order valence-corrected chi connectivity index (χ4v) is 1.48. The molecule has 1 fully saturated rings. The predicted octanol–water partition coefficient (Wildman–Crippen LogP) is -0.275. The van der Waals surface area contributed by atoms with Crippen molar-refractivity contribution in [2.75, 3.05) is 6.61 Å². The number of nitrogens with one attached hydrogen (secondary N) is 1. The van der Waals surface area contributed by atoms with E-state index in [1.165, 1.54) is 0 Å². The predicted molar refractivity (Wildman–Crippen MR) is 39.0 cm³/mol. The monoisotopic (exact) mass is 181 g/mol. The van der Waals surface area contributed by atoms with E-state index < -0.39 is 30.7 Å². The Hall–Kier alpha value is -0.260. The number of rotatable bonds is 2. The summed E-state index contributed by atoms with van der Waals surface area (Å²) in [5.41, 5.74) is 0. The summed E-state index contributed by atoms with van der Waals surface area (Å²) in [7, 11) is 0. The van der Waals surface area contributed by atoms with Crippen LogP contribution in [0.15, 0.2) is 0 Å². The number of alkyl halides is 2. The zero-order valence-corrected chi connectivity index (χ0v) is 6.80. The quantitative estimate of drug-likeness (QED) is 0.549. The van der Waals surface area contributed by atoms with E-state index in [9.17, 15) is 8.78 Å². The van der Waals surface area contributed by atoms with Crippen molar-refractivity contribution in [1.29, 1.82) is 0 Å². The van der Waals surface area contributed by atoms with E-state index in [2.05, 4.69) is 5.32 Å². The van der Waals surface area contributed by atoms with Crippen molar-refractivity contribution in [3.63, 3.8) is 0 Å². The van der Waals surface area contributed by atoms with Gasteiger partial charge in [-0.25, -0.2) is 8.78 Å². The van der Waals surface area contributed by atoms with E-state index in [4.69, 9.17) is 10.2 Å². The lowest BCUT2D eigenvalue weighted by Crippen LogP contribution is -2.40. The molecule has 1 aliphatic rings. The Morgan fingerprint density at radius 3 is 2.33 bits per heavy atom. The third kappa shape index (κ3) is 1.32. The topological polar surface area (TPSA) is 52.5 Å². The summed E-state index contributed by atoms with van der Waals surface area (Å²) in [6, 6.07) is -1.92. The fraction of sp³-hybridized carbons (Fsp3) is 1.00. The second kappa shape index (κ2) is 3.24. The summed E-state index contributed by atoms with van der Waals surface area (Å²) in [5, 5.41) is 20.2. The first-order chi connectivity index (χ1) is 5.54. The van der Waals surface area contributed by atoms with Gasteiger partial charge in [0.1, 0.15) is 6.10 Å². The summed E-state index contributed by atoms with van der Waals surface area (Å²) in [6.45, 7) is 1.14. The van der Waals surface area contributed by atoms with Gasteiger partial charge in [0.15, 0.2) is 0 Å². The highest BCUT2D eigenvalue weighted by atomic mass is 19.3. The fourth-order valence-electron chi connectivity index (χ4n) is 1.48. The number of aliphatic hydroxyl groups excluding tert-OH is 2. The molecule has 0 radical (unpaired) electrons. The lowest BCUT2D eigenvalue weighted by atomic mass is 10.1. The highest BCUT2D eigenvalue weighted by molar-refractivity contribution is 5.02. The van der Waals surface area contributed by atoms with Gasteiger partial charge in [-0.15, -0.1) is 0 Å². The van der Waals surface area contributed by atoms with Crippen molar-refractivity contribution in [3.05, 3.63) is 0 Å². The molecule has 0 bridgehead atoms. The molecular formula is C7H13F2NO2. The van der Waals surface area contributed by atoms with Gasteiger partial charge in [-0.3, -0.25) is 0 Å². The molecule has 3 N–H and O–H groups in total. The summed E-state index contributed by atoms with van der Waals surface area (Å²) in [4.78, 5) is 0. The van der Waals surface area contributed by atoms with Gasteiger partial charge >= 0.3 is 0 Å². The second-order valence-corrected chi connectivity index (χ2v) is 3.04. The third-order valence-electron chi connectivity index (χ3n) is 2.26. The molecule has 0 aromatic heterocycles. The summed E-state index contributed by atoms with van der Waals surface area (Å²) >= 11 is 0. The van der Waals surface area contributed by atoms with Gasteiger partial charge in [-0.2, -0.15) is 0 Å². The van der Waals surface area contributed by atoms with Crippen molar-refractivity contribution in [2.24, 2.45) is 0 Å². The molecule has 1 rings (SSSR count). The zero-order valence-electron chi connectivity index (χ0n) is 6.80. The Kier molecular flexibility index (Phi) is 2.65. The minimum absolute atomic E-state index is 0.237. The highest BCUT2D eigenvalue weighted by Gasteiger charge is 2.55. The van der Waals surface area contributed by atoms with Crippen molar-refractivity contribution >= 4 is 0 Å². The molecule has 0 saturated carbocycles. The average Bonchev–Trinajstić information content (AvgIpc) is 2.25. The SMILES string of the molecule is CC[C@@H]1N[C@H](CO)[C@@H](O)C1(F)F. The standard InChI is InChI=1S/C7H13F2NO2/c1-2-5-7(8,9)6(12)4(3-11)10-5/h4-6,10-12H,2-3H2,1H3/t4-,5+,6-/m1/s1. The van der Waals surface area contributed by atoms with Crippen molar-refractivity contribution in [2.45, 2.75) is 37.5 Å². The Labute approximate surface area is 69.4 Å². The van der Waals surface area contributed by atoms with Crippen molar-refractivity contribution in [1.82, 2.24) is 5.32 Å². The van der Waals surface area contributed by atoms with E-state index in [0.717, 1.165) is 0 Å². The Morgan fingerprint density at radius 1 is 1.50 bits per heavy atom. The van der Waals surface area contributed by atoms with Gasteiger partial charge in [-0.05, 0) is 6.42 Å². The third-order valence-corrected chi connectivity index (χ3v) is 2.26.